The van der Waals surface area contributed by atoms with E-state index < -0.39 is 0 Å². The van der Waals surface area contributed by atoms with Gasteiger partial charge in [0.15, 0.2) is 5.96 Å². The molecular formula is C16H23N3. The van der Waals surface area contributed by atoms with Gasteiger partial charge < -0.3 is 10.6 Å². The molecule has 0 saturated heterocycles. The zero-order valence-corrected chi connectivity index (χ0v) is 11.7. The molecule has 0 radical (unpaired) electrons. The van der Waals surface area contributed by atoms with Crippen LogP contribution >= 0.6 is 0 Å². The van der Waals surface area contributed by atoms with Gasteiger partial charge in [-0.15, -0.1) is 0 Å². The molecule has 1 unspecified atom stereocenters. The standard InChI is InChI=1S/C16H23N3/c1-2-11-19-15(17)18-12-16(19)10-6-5-8-13-7-3-4-9-14(13)16/h3-4,7,9H,2,5-6,8,10-12H2,1H3,(H2,17,18). The first-order valence-electron chi connectivity index (χ1n) is 7.44. The average Bonchev–Trinajstić information content (AvgIpc) is 2.64. The van der Waals surface area contributed by atoms with Crippen LogP contribution in [0.5, 0.6) is 0 Å². The number of rotatable bonds is 2. The van der Waals surface area contributed by atoms with E-state index in [-0.39, 0.29) is 5.54 Å². The zero-order valence-electron chi connectivity index (χ0n) is 11.7. The summed E-state index contributed by atoms with van der Waals surface area (Å²) in [6, 6.07) is 8.88. The number of aliphatic imine (C=N–C) groups is 1. The number of aryl methyl sites for hydroxylation is 1. The fraction of sp³-hybridized carbons (Fsp3) is 0.562. The van der Waals surface area contributed by atoms with Crippen LogP contribution in [-0.4, -0.2) is 23.9 Å². The molecule has 1 aromatic rings. The summed E-state index contributed by atoms with van der Waals surface area (Å²) in [7, 11) is 0. The number of hydrogen-bond acceptors (Lipinski definition) is 3. The van der Waals surface area contributed by atoms with E-state index in [1.807, 2.05) is 0 Å². The topological polar surface area (TPSA) is 41.6 Å². The molecule has 3 rings (SSSR count). The molecule has 19 heavy (non-hydrogen) atoms. The number of fused-ring (bicyclic) bond motifs is 2. The van der Waals surface area contributed by atoms with E-state index in [1.54, 1.807) is 0 Å². The monoisotopic (exact) mass is 257 g/mol. The van der Waals surface area contributed by atoms with E-state index in [0.29, 0.717) is 0 Å². The Labute approximate surface area is 115 Å². The van der Waals surface area contributed by atoms with Gasteiger partial charge in [0.05, 0.1) is 12.1 Å². The summed E-state index contributed by atoms with van der Waals surface area (Å²) in [5, 5.41) is 0. The van der Waals surface area contributed by atoms with Crippen LogP contribution in [0.4, 0.5) is 0 Å². The van der Waals surface area contributed by atoms with Crippen molar-refractivity contribution in [2.45, 2.75) is 44.6 Å². The second-order valence-corrected chi connectivity index (χ2v) is 5.72. The minimum absolute atomic E-state index is 0.0349. The Bertz CT molecular complexity index is 495. The molecule has 2 aliphatic rings. The van der Waals surface area contributed by atoms with Crippen LogP contribution in [0, 0.1) is 0 Å². The maximum atomic E-state index is 6.15. The van der Waals surface area contributed by atoms with Crippen LogP contribution in [0.1, 0.15) is 43.7 Å². The SMILES string of the molecule is CCCN1C(N)=NCC12CCCCc1ccccc12. The van der Waals surface area contributed by atoms with Gasteiger partial charge in [-0.2, -0.15) is 0 Å². The lowest BCUT2D eigenvalue weighted by atomic mass is 9.83. The number of benzene rings is 1. The smallest absolute Gasteiger partial charge is 0.192 e. The van der Waals surface area contributed by atoms with E-state index >= 15 is 0 Å². The Morgan fingerprint density at radius 3 is 3.00 bits per heavy atom. The molecule has 1 atom stereocenters. The summed E-state index contributed by atoms with van der Waals surface area (Å²) in [6.07, 6.45) is 6.02. The Morgan fingerprint density at radius 2 is 2.16 bits per heavy atom. The van der Waals surface area contributed by atoms with Crippen LogP contribution < -0.4 is 5.73 Å². The molecule has 1 aromatic carbocycles. The van der Waals surface area contributed by atoms with Crippen molar-refractivity contribution < 1.29 is 0 Å². The average molecular weight is 257 g/mol. The van der Waals surface area contributed by atoms with Crippen molar-refractivity contribution in [3.05, 3.63) is 35.4 Å². The molecule has 102 valence electrons. The van der Waals surface area contributed by atoms with Gasteiger partial charge >= 0.3 is 0 Å². The highest BCUT2D eigenvalue weighted by atomic mass is 15.4. The van der Waals surface area contributed by atoms with Crippen molar-refractivity contribution in [1.82, 2.24) is 4.90 Å². The van der Waals surface area contributed by atoms with E-state index in [0.717, 1.165) is 25.5 Å². The molecular weight excluding hydrogens is 234 g/mol. The minimum atomic E-state index is 0.0349. The van der Waals surface area contributed by atoms with Gasteiger partial charge in [-0.1, -0.05) is 37.6 Å². The first-order chi connectivity index (χ1) is 9.28. The van der Waals surface area contributed by atoms with Crippen molar-refractivity contribution in [2.24, 2.45) is 10.7 Å². The second-order valence-electron chi connectivity index (χ2n) is 5.72. The third-order valence-corrected chi connectivity index (χ3v) is 4.55. The second kappa shape index (κ2) is 4.87. The van der Waals surface area contributed by atoms with E-state index in [9.17, 15) is 0 Å². The predicted molar refractivity (Wildman–Crippen MR) is 79.2 cm³/mol. The first kappa shape index (κ1) is 12.5. The highest BCUT2D eigenvalue weighted by Crippen LogP contribution is 2.41. The molecule has 1 aliphatic heterocycles. The molecule has 0 amide bonds. The molecule has 0 aromatic heterocycles. The number of nitrogens with zero attached hydrogens (tertiary/aromatic N) is 2. The Kier molecular flexibility index (Phi) is 3.21. The van der Waals surface area contributed by atoms with Gasteiger partial charge in [-0.05, 0) is 36.8 Å². The molecule has 3 heteroatoms. The van der Waals surface area contributed by atoms with E-state index in [2.05, 4.69) is 41.1 Å². The molecule has 1 spiro atoms. The molecule has 1 heterocycles. The lowest BCUT2D eigenvalue weighted by Crippen LogP contribution is -2.49. The van der Waals surface area contributed by atoms with Crippen molar-refractivity contribution in [3.8, 4) is 0 Å². The molecule has 1 aliphatic carbocycles. The summed E-state index contributed by atoms with van der Waals surface area (Å²) >= 11 is 0. The highest BCUT2D eigenvalue weighted by Gasteiger charge is 2.44. The maximum Gasteiger partial charge on any atom is 0.192 e. The third kappa shape index (κ3) is 1.92. The normalized spacial score (nSPS) is 26.2. The van der Waals surface area contributed by atoms with Crippen LogP contribution in [-0.2, 0) is 12.0 Å². The lowest BCUT2D eigenvalue weighted by molar-refractivity contribution is 0.185. The zero-order chi connectivity index (χ0) is 13.3. The summed E-state index contributed by atoms with van der Waals surface area (Å²) in [4.78, 5) is 6.93. The van der Waals surface area contributed by atoms with Crippen LogP contribution in [0.2, 0.25) is 0 Å². The molecule has 2 N–H and O–H groups in total. The first-order valence-corrected chi connectivity index (χ1v) is 7.44. The van der Waals surface area contributed by atoms with Gasteiger partial charge in [0.2, 0.25) is 0 Å². The number of guanidine groups is 1. The van der Waals surface area contributed by atoms with Gasteiger partial charge in [0.1, 0.15) is 0 Å². The number of nitrogens with two attached hydrogens (primary N) is 1. The van der Waals surface area contributed by atoms with Crippen molar-refractivity contribution in [3.63, 3.8) is 0 Å². The van der Waals surface area contributed by atoms with Gasteiger partial charge in [0.25, 0.3) is 0 Å². The minimum Gasteiger partial charge on any atom is -0.370 e. The Balaban J connectivity index is 2.08. The quantitative estimate of drug-likeness (QED) is 0.885. The Morgan fingerprint density at radius 1 is 1.32 bits per heavy atom. The molecule has 3 nitrogen and oxygen atoms in total. The van der Waals surface area contributed by atoms with Crippen LogP contribution in [0.25, 0.3) is 0 Å². The van der Waals surface area contributed by atoms with Gasteiger partial charge in [0, 0.05) is 6.54 Å². The van der Waals surface area contributed by atoms with Crippen LogP contribution in [0.3, 0.4) is 0 Å². The fourth-order valence-electron chi connectivity index (χ4n) is 3.66. The Hall–Kier alpha value is -1.51. The van der Waals surface area contributed by atoms with Crippen molar-refractivity contribution in [1.29, 1.82) is 0 Å². The highest BCUT2D eigenvalue weighted by molar-refractivity contribution is 5.81. The van der Waals surface area contributed by atoms with E-state index in [1.165, 1.54) is 36.8 Å². The largest absolute Gasteiger partial charge is 0.370 e. The molecule has 0 fully saturated rings. The van der Waals surface area contributed by atoms with Gasteiger partial charge in [-0.25, -0.2) is 0 Å². The van der Waals surface area contributed by atoms with Gasteiger partial charge in [-0.3, -0.25) is 4.99 Å². The summed E-state index contributed by atoms with van der Waals surface area (Å²) in [6.45, 7) is 4.04. The molecule has 0 saturated carbocycles. The fourth-order valence-corrected chi connectivity index (χ4v) is 3.66. The number of hydrogen-bond donors (Lipinski definition) is 1. The third-order valence-electron chi connectivity index (χ3n) is 4.55. The van der Waals surface area contributed by atoms with E-state index in [4.69, 9.17) is 5.73 Å². The van der Waals surface area contributed by atoms with Crippen molar-refractivity contribution >= 4 is 5.96 Å². The summed E-state index contributed by atoms with van der Waals surface area (Å²) < 4.78 is 0. The maximum absolute atomic E-state index is 6.15. The molecule has 0 bridgehead atoms. The van der Waals surface area contributed by atoms with Crippen LogP contribution in [0.15, 0.2) is 29.3 Å². The lowest BCUT2D eigenvalue weighted by Gasteiger charge is -2.40. The van der Waals surface area contributed by atoms with Crippen molar-refractivity contribution in [2.75, 3.05) is 13.1 Å². The summed E-state index contributed by atoms with van der Waals surface area (Å²) in [5.74, 6) is 0.735. The summed E-state index contributed by atoms with van der Waals surface area (Å²) in [5.41, 5.74) is 9.14. The predicted octanol–water partition coefficient (Wildman–Crippen LogP) is 2.65.